The first kappa shape index (κ1) is 18.1. The molecule has 1 amide bonds. The number of carbonyl (C=O) groups excluding carboxylic acids is 2. The summed E-state index contributed by atoms with van der Waals surface area (Å²) in [6, 6.07) is 8.59. The molecule has 0 bridgehead atoms. The Hall–Kier alpha value is -2.29. The highest BCUT2D eigenvalue weighted by Crippen LogP contribution is 2.51. The van der Waals surface area contributed by atoms with E-state index in [2.05, 4.69) is 10.1 Å². The van der Waals surface area contributed by atoms with Gasteiger partial charge in [-0.25, -0.2) is 9.59 Å². The van der Waals surface area contributed by atoms with Crippen molar-refractivity contribution < 1.29 is 37.3 Å². The van der Waals surface area contributed by atoms with Crippen molar-refractivity contribution in [2.24, 2.45) is 0 Å². The number of carbonyl (C=O) groups is 2. The molecule has 1 aliphatic carbocycles. The van der Waals surface area contributed by atoms with Crippen LogP contribution in [-0.4, -0.2) is 41.6 Å². The molecule has 0 spiro atoms. The minimum absolute atomic E-state index is 0.118. The van der Waals surface area contributed by atoms with E-state index in [1.54, 1.807) is 30.3 Å². The first-order valence-corrected chi connectivity index (χ1v) is 6.98. The van der Waals surface area contributed by atoms with Crippen LogP contribution in [0.25, 0.3) is 0 Å². The maximum atomic E-state index is 12.8. The van der Waals surface area contributed by atoms with Crippen molar-refractivity contribution in [2.75, 3.05) is 7.11 Å². The predicted octanol–water partition coefficient (Wildman–Crippen LogP) is 1.91. The van der Waals surface area contributed by atoms with Crippen molar-refractivity contribution in [3.63, 3.8) is 0 Å². The van der Waals surface area contributed by atoms with Gasteiger partial charge in [0.05, 0.1) is 7.11 Å². The molecule has 24 heavy (non-hydrogen) atoms. The fraction of sp³-hybridized carbons (Fsp3) is 0.467. The summed E-state index contributed by atoms with van der Waals surface area (Å²) in [4.78, 5) is 23.6. The third-order valence-corrected chi connectivity index (χ3v) is 3.85. The number of amides is 1. The molecule has 1 aromatic rings. The molecular weight excluding hydrogens is 331 g/mol. The Morgan fingerprint density at radius 2 is 1.83 bits per heavy atom. The Labute approximate surface area is 135 Å². The number of alkyl halides is 3. The molecule has 0 saturated heterocycles. The molecule has 2 rings (SSSR count). The molecule has 0 aliphatic heterocycles. The highest BCUT2D eigenvalue weighted by atomic mass is 19.4. The number of halogens is 3. The molecule has 1 fully saturated rings. The Balaban J connectivity index is 2.01. The number of esters is 1. The van der Waals surface area contributed by atoms with Gasteiger partial charge in [0.1, 0.15) is 12.1 Å². The third kappa shape index (κ3) is 3.45. The quantitative estimate of drug-likeness (QED) is 0.813. The van der Waals surface area contributed by atoms with Gasteiger partial charge in [-0.15, -0.1) is 0 Å². The normalized spacial score (nSPS) is 26.2. The lowest BCUT2D eigenvalue weighted by molar-refractivity contribution is -0.303. The van der Waals surface area contributed by atoms with E-state index in [0.29, 0.717) is 5.56 Å². The molecule has 6 nitrogen and oxygen atoms in total. The molecule has 9 heteroatoms. The zero-order valence-corrected chi connectivity index (χ0v) is 12.7. The zero-order chi connectivity index (χ0) is 18.0. The number of methoxy groups -OCH3 is 1. The van der Waals surface area contributed by atoms with E-state index in [9.17, 15) is 27.9 Å². The van der Waals surface area contributed by atoms with Gasteiger partial charge < -0.3 is 19.9 Å². The summed E-state index contributed by atoms with van der Waals surface area (Å²) < 4.78 is 47.6. The Morgan fingerprint density at radius 1 is 1.25 bits per heavy atom. The minimum atomic E-state index is -4.92. The van der Waals surface area contributed by atoms with E-state index < -0.39 is 42.2 Å². The van der Waals surface area contributed by atoms with Gasteiger partial charge in [0, 0.05) is 12.8 Å². The van der Waals surface area contributed by atoms with Crippen molar-refractivity contribution in [1.29, 1.82) is 0 Å². The maximum absolute atomic E-state index is 12.8. The average Bonchev–Trinajstić information content (AvgIpc) is 2.50. The van der Waals surface area contributed by atoms with Crippen LogP contribution in [0.3, 0.4) is 0 Å². The van der Waals surface area contributed by atoms with Crippen LogP contribution in [0.15, 0.2) is 30.3 Å². The molecular formula is C15H16F3NO5. The van der Waals surface area contributed by atoms with Gasteiger partial charge >= 0.3 is 18.2 Å². The zero-order valence-electron chi connectivity index (χ0n) is 12.7. The molecule has 0 atom stereocenters. The summed E-state index contributed by atoms with van der Waals surface area (Å²) in [5.74, 6) is -1.08. The molecule has 2 N–H and O–H groups in total. The van der Waals surface area contributed by atoms with Gasteiger partial charge in [-0.3, -0.25) is 0 Å². The summed E-state index contributed by atoms with van der Waals surface area (Å²) in [7, 11) is 0.978. The second-order valence-corrected chi connectivity index (χ2v) is 5.64. The van der Waals surface area contributed by atoms with Crippen molar-refractivity contribution in [3.05, 3.63) is 35.9 Å². The van der Waals surface area contributed by atoms with Gasteiger partial charge in [0.15, 0.2) is 5.60 Å². The van der Waals surface area contributed by atoms with Crippen LogP contribution in [0, 0.1) is 0 Å². The Bertz CT molecular complexity index is 611. The van der Waals surface area contributed by atoms with Gasteiger partial charge in [-0.1, -0.05) is 30.3 Å². The topological polar surface area (TPSA) is 84.9 Å². The third-order valence-electron chi connectivity index (χ3n) is 3.85. The van der Waals surface area contributed by atoms with Crippen molar-refractivity contribution in [2.45, 2.75) is 36.8 Å². The maximum Gasteiger partial charge on any atom is 0.417 e. The molecule has 0 unspecified atom stereocenters. The number of aliphatic hydroxyl groups is 1. The fourth-order valence-corrected chi connectivity index (χ4v) is 2.58. The molecule has 132 valence electrons. The molecule has 0 heterocycles. The number of rotatable bonds is 4. The van der Waals surface area contributed by atoms with E-state index in [1.165, 1.54) is 0 Å². The number of ether oxygens (including phenoxy) is 2. The summed E-state index contributed by atoms with van der Waals surface area (Å²) in [5.41, 5.74) is -4.35. The summed E-state index contributed by atoms with van der Waals surface area (Å²) >= 11 is 0. The van der Waals surface area contributed by atoms with Crippen molar-refractivity contribution >= 4 is 12.1 Å². The van der Waals surface area contributed by atoms with E-state index in [-0.39, 0.29) is 6.61 Å². The van der Waals surface area contributed by atoms with Crippen LogP contribution in [-0.2, 0) is 20.9 Å². The second kappa shape index (κ2) is 6.31. The second-order valence-electron chi connectivity index (χ2n) is 5.64. The Morgan fingerprint density at radius 3 is 2.33 bits per heavy atom. The number of nitrogens with one attached hydrogen (secondary N) is 1. The predicted molar refractivity (Wildman–Crippen MR) is 74.7 cm³/mol. The van der Waals surface area contributed by atoms with E-state index >= 15 is 0 Å². The smallest absolute Gasteiger partial charge is 0.417 e. The molecule has 0 aromatic heterocycles. The molecule has 1 aromatic carbocycles. The SMILES string of the molecule is COC(=O)C1(NC(=O)OCc2ccccc2)CC(O)(C(F)(F)F)C1. The highest BCUT2D eigenvalue weighted by molar-refractivity contribution is 5.87. The van der Waals surface area contributed by atoms with Crippen molar-refractivity contribution in [3.8, 4) is 0 Å². The highest BCUT2D eigenvalue weighted by Gasteiger charge is 2.71. The van der Waals surface area contributed by atoms with Gasteiger partial charge in [0.2, 0.25) is 0 Å². The van der Waals surface area contributed by atoms with Crippen LogP contribution in [0.2, 0.25) is 0 Å². The van der Waals surface area contributed by atoms with Crippen LogP contribution in [0.4, 0.5) is 18.0 Å². The van der Waals surface area contributed by atoms with E-state index in [1.807, 2.05) is 0 Å². The first-order chi connectivity index (χ1) is 11.1. The van der Waals surface area contributed by atoms with Crippen molar-refractivity contribution in [1.82, 2.24) is 5.32 Å². The molecule has 1 aliphatic rings. The minimum Gasteiger partial charge on any atom is -0.467 e. The van der Waals surface area contributed by atoms with Gasteiger partial charge in [-0.05, 0) is 5.56 Å². The number of benzene rings is 1. The van der Waals surface area contributed by atoms with E-state index in [4.69, 9.17) is 4.74 Å². The largest absolute Gasteiger partial charge is 0.467 e. The monoisotopic (exact) mass is 347 g/mol. The van der Waals surface area contributed by atoms with Crippen LogP contribution in [0.1, 0.15) is 18.4 Å². The lowest BCUT2D eigenvalue weighted by Gasteiger charge is -2.51. The molecule has 1 saturated carbocycles. The first-order valence-electron chi connectivity index (χ1n) is 6.98. The number of alkyl carbamates (subject to hydrolysis) is 1. The summed E-state index contributed by atoms with van der Waals surface area (Å²) in [6.45, 7) is -0.118. The van der Waals surface area contributed by atoms with Crippen LogP contribution < -0.4 is 5.32 Å². The summed E-state index contributed by atoms with van der Waals surface area (Å²) in [5, 5.41) is 11.6. The van der Waals surface area contributed by atoms with Crippen LogP contribution >= 0.6 is 0 Å². The Kier molecular flexibility index (Phi) is 4.75. The standard InChI is InChI=1S/C15H16F3NO5/c1-23-11(20)13(8-14(22,9-13)15(16,17)18)19-12(21)24-7-10-5-3-2-4-6-10/h2-6,22H,7-9H2,1H3,(H,19,21). The summed E-state index contributed by atoms with van der Waals surface area (Å²) in [6.07, 6.45) is -8.05. The number of hydrogen-bond acceptors (Lipinski definition) is 5. The van der Waals surface area contributed by atoms with Crippen LogP contribution in [0.5, 0.6) is 0 Å². The van der Waals surface area contributed by atoms with Gasteiger partial charge in [-0.2, -0.15) is 13.2 Å². The van der Waals surface area contributed by atoms with E-state index in [0.717, 1.165) is 7.11 Å². The fourth-order valence-electron chi connectivity index (χ4n) is 2.58. The lowest BCUT2D eigenvalue weighted by atomic mass is 9.64. The van der Waals surface area contributed by atoms with Gasteiger partial charge in [0.25, 0.3) is 0 Å². The lowest BCUT2D eigenvalue weighted by Crippen LogP contribution is -2.73. The average molecular weight is 347 g/mol. The number of hydrogen-bond donors (Lipinski definition) is 2. The molecule has 0 radical (unpaired) electrons.